The van der Waals surface area contributed by atoms with Gasteiger partial charge in [-0.2, -0.15) is 0 Å². The molecule has 2 amide bonds. The summed E-state index contributed by atoms with van der Waals surface area (Å²) in [5.41, 5.74) is 6.41. The predicted octanol–water partition coefficient (Wildman–Crippen LogP) is 2.24. The lowest BCUT2D eigenvalue weighted by atomic mass is 10.2. The third-order valence-corrected chi connectivity index (χ3v) is 3.49. The van der Waals surface area contributed by atoms with E-state index in [2.05, 4.69) is 0 Å². The first-order valence-corrected chi connectivity index (χ1v) is 6.71. The molecule has 2 N–H and O–H groups in total. The third kappa shape index (κ3) is 3.33. The Balaban J connectivity index is 2.07. The second kappa shape index (κ2) is 6.36. The summed E-state index contributed by atoms with van der Waals surface area (Å²) in [5.74, 6) is -0.266. The van der Waals surface area contributed by atoms with Crippen LogP contribution in [-0.4, -0.2) is 29.1 Å². The van der Waals surface area contributed by atoms with Crippen molar-refractivity contribution in [3.05, 3.63) is 53.0 Å². The van der Waals surface area contributed by atoms with Gasteiger partial charge in [-0.15, -0.1) is 0 Å². The van der Waals surface area contributed by atoms with Crippen LogP contribution in [0, 0.1) is 0 Å². The van der Waals surface area contributed by atoms with Crippen molar-refractivity contribution in [1.82, 2.24) is 4.90 Å². The summed E-state index contributed by atoms with van der Waals surface area (Å²) in [4.78, 5) is 25.0. The highest BCUT2D eigenvalue weighted by atomic mass is 32.2. The van der Waals surface area contributed by atoms with Gasteiger partial charge in [0.25, 0.3) is 11.1 Å². The van der Waals surface area contributed by atoms with Crippen LogP contribution in [0.25, 0.3) is 6.08 Å². The maximum atomic E-state index is 11.9. The van der Waals surface area contributed by atoms with E-state index in [0.29, 0.717) is 4.91 Å². The Morgan fingerprint density at radius 3 is 2.63 bits per heavy atom. The molecule has 1 fully saturated rings. The van der Waals surface area contributed by atoms with Gasteiger partial charge in [0.1, 0.15) is 0 Å². The predicted molar refractivity (Wildman–Crippen MR) is 77.3 cm³/mol. The average molecular weight is 274 g/mol. The maximum Gasteiger partial charge on any atom is 0.293 e. The molecule has 0 radical (unpaired) electrons. The lowest BCUT2D eigenvalue weighted by Gasteiger charge is -2.09. The van der Waals surface area contributed by atoms with Crippen LogP contribution >= 0.6 is 11.8 Å². The lowest BCUT2D eigenvalue weighted by Crippen LogP contribution is -2.33. The number of amides is 2. The zero-order valence-corrected chi connectivity index (χ0v) is 11.1. The van der Waals surface area contributed by atoms with E-state index < -0.39 is 0 Å². The van der Waals surface area contributed by atoms with E-state index in [4.69, 9.17) is 5.73 Å². The fourth-order valence-electron chi connectivity index (χ4n) is 1.65. The standard InChI is InChI=1S/C14H14N2O2S/c15-9-10-16-13(17)12(19-14(16)18)8-4-7-11-5-2-1-3-6-11/h1-8H,9-10,15H2/b7-4+,12-8+. The number of carbonyl (C=O) groups is 2. The van der Waals surface area contributed by atoms with Crippen LogP contribution in [0.15, 0.2) is 47.4 Å². The molecular formula is C14H14N2O2S. The van der Waals surface area contributed by atoms with Gasteiger partial charge in [-0.3, -0.25) is 14.5 Å². The number of allylic oxidation sites excluding steroid dienone is 2. The molecule has 1 aliphatic rings. The first-order valence-electron chi connectivity index (χ1n) is 5.89. The smallest absolute Gasteiger partial charge is 0.293 e. The number of nitrogens with two attached hydrogens (primary N) is 1. The monoisotopic (exact) mass is 274 g/mol. The normalized spacial score (nSPS) is 17.9. The number of benzene rings is 1. The Labute approximate surface area is 116 Å². The lowest BCUT2D eigenvalue weighted by molar-refractivity contribution is -0.122. The topological polar surface area (TPSA) is 63.4 Å². The van der Waals surface area contributed by atoms with Crippen molar-refractivity contribution < 1.29 is 9.59 Å². The van der Waals surface area contributed by atoms with Gasteiger partial charge in [0.05, 0.1) is 4.91 Å². The minimum absolute atomic E-state index is 0.255. The summed E-state index contributed by atoms with van der Waals surface area (Å²) in [6, 6.07) is 9.74. The fourth-order valence-corrected chi connectivity index (χ4v) is 2.46. The number of hydrogen-bond acceptors (Lipinski definition) is 4. The minimum atomic E-state index is -0.266. The number of thioether (sulfide) groups is 1. The first-order chi connectivity index (χ1) is 9.22. The Kier molecular flexibility index (Phi) is 4.54. The van der Waals surface area contributed by atoms with Crippen LogP contribution in [0.4, 0.5) is 4.79 Å². The van der Waals surface area contributed by atoms with Crippen molar-refractivity contribution in [3.8, 4) is 0 Å². The number of nitrogens with zero attached hydrogens (tertiary/aromatic N) is 1. The van der Waals surface area contributed by atoms with Crippen LogP contribution in [0.3, 0.4) is 0 Å². The first kappa shape index (κ1) is 13.6. The Hall–Kier alpha value is -1.85. The highest BCUT2D eigenvalue weighted by Crippen LogP contribution is 2.30. The van der Waals surface area contributed by atoms with E-state index in [1.54, 1.807) is 12.2 Å². The number of imide groups is 1. The van der Waals surface area contributed by atoms with Crippen LogP contribution < -0.4 is 5.73 Å². The summed E-state index contributed by atoms with van der Waals surface area (Å²) in [7, 11) is 0. The molecule has 1 aromatic rings. The van der Waals surface area contributed by atoms with Crippen molar-refractivity contribution in [2.45, 2.75) is 0 Å². The van der Waals surface area contributed by atoms with Crippen molar-refractivity contribution in [2.24, 2.45) is 5.73 Å². The van der Waals surface area contributed by atoms with Gasteiger partial charge in [-0.1, -0.05) is 42.5 Å². The zero-order chi connectivity index (χ0) is 13.7. The van der Waals surface area contributed by atoms with Gasteiger partial charge in [0, 0.05) is 13.1 Å². The van der Waals surface area contributed by atoms with Crippen molar-refractivity contribution >= 4 is 29.0 Å². The number of rotatable bonds is 4. The van der Waals surface area contributed by atoms with E-state index in [0.717, 1.165) is 17.3 Å². The van der Waals surface area contributed by atoms with E-state index in [1.165, 1.54) is 4.90 Å². The van der Waals surface area contributed by atoms with Gasteiger partial charge in [0.2, 0.25) is 0 Å². The van der Waals surface area contributed by atoms with Gasteiger partial charge in [-0.25, -0.2) is 0 Å². The Morgan fingerprint density at radius 1 is 1.21 bits per heavy atom. The summed E-state index contributed by atoms with van der Waals surface area (Å²) < 4.78 is 0. The summed E-state index contributed by atoms with van der Waals surface area (Å²) in [5, 5.41) is -0.255. The summed E-state index contributed by atoms with van der Waals surface area (Å²) >= 11 is 0.949. The molecule has 1 heterocycles. The molecule has 2 rings (SSSR count). The second-order valence-electron chi connectivity index (χ2n) is 3.91. The highest BCUT2D eigenvalue weighted by Gasteiger charge is 2.33. The van der Waals surface area contributed by atoms with E-state index >= 15 is 0 Å². The molecule has 0 aromatic heterocycles. The van der Waals surface area contributed by atoms with Gasteiger partial charge in [-0.05, 0) is 23.4 Å². The molecule has 0 atom stereocenters. The quantitative estimate of drug-likeness (QED) is 0.855. The fraction of sp³-hybridized carbons (Fsp3) is 0.143. The average Bonchev–Trinajstić information content (AvgIpc) is 2.68. The Bertz CT molecular complexity index is 538. The maximum absolute atomic E-state index is 11.9. The summed E-state index contributed by atoms with van der Waals surface area (Å²) in [6.07, 6.45) is 5.32. The van der Waals surface area contributed by atoms with Crippen LogP contribution in [-0.2, 0) is 4.79 Å². The van der Waals surface area contributed by atoms with Gasteiger partial charge >= 0.3 is 0 Å². The Morgan fingerprint density at radius 2 is 1.95 bits per heavy atom. The van der Waals surface area contributed by atoms with Crippen molar-refractivity contribution in [1.29, 1.82) is 0 Å². The van der Waals surface area contributed by atoms with Crippen molar-refractivity contribution in [3.63, 3.8) is 0 Å². The molecular weight excluding hydrogens is 260 g/mol. The molecule has 98 valence electrons. The molecule has 0 saturated carbocycles. The van der Waals surface area contributed by atoms with E-state index in [9.17, 15) is 9.59 Å². The SMILES string of the molecule is NCCN1C(=O)S/C(=C/C=C/c2ccccc2)C1=O. The molecule has 5 heteroatoms. The number of hydrogen-bond donors (Lipinski definition) is 1. The van der Waals surface area contributed by atoms with Crippen molar-refractivity contribution in [2.75, 3.05) is 13.1 Å². The third-order valence-electron chi connectivity index (χ3n) is 2.56. The number of carbonyl (C=O) groups excluding carboxylic acids is 2. The highest BCUT2D eigenvalue weighted by molar-refractivity contribution is 8.18. The molecule has 0 spiro atoms. The molecule has 1 aromatic carbocycles. The zero-order valence-electron chi connectivity index (χ0n) is 10.3. The minimum Gasteiger partial charge on any atom is -0.329 e. The molecule has 4 nitrogen and oxygen atoms in total. The molecule has 0 unspecified atom stereocenters. The van der Waals surface area contributed by atoms with Crippen LogP contribution in [0.5, 0.6) is 0 Å². The van der Waals surface area contributed by atoms with Gasteiger partial charge < -0.3 is 5.73 Å². The largest absolute Gasteiger partial charge is 0.329 e. The van der Waals surface area contributed by atoms with Crippen LogP contribution in [0.1, 0.15) is 5.56 Å². The van der Waals surface area contributed by atoms with Crippen LogP contribution in [0.2, 0.25) is 0 Å². The molecule has 0 aliphatic carbocycles. The van der Waals surface area contributed by atoms with Gasteiger partial charge in [0.15, 0.2) is 0 Å². The van der Waals surface area contributed by atoms with E-state index in [-0.39, 0.29) is 24.2 Å². The molecule has 1 saturated heterocycles. The second-order valence-corrected chi connectivity index (χ2v) is 4.91. The summed E-state index contributed by atoms with van der Waals surface area (Å²) in [6.45, 7) is 0.551. The molecule has 19 heavy (non-hydrogen) atoms. The van der Waals surface area contributed by atoms with E-state index in [1.807, 2.05) is 36.4 Å². The molecule has 1 aliphatic heterocycles. The molecule has 0 bridgehead atoms.